The molecule has 1 aromatic rings. The Balaban J connectivity index is 1.45. The van der Waals surface area contributed by atoms with Crippen LogP contribution in [0.4, 0.5) is 0 Å². The van der Waals surface area contributed by atoms with Crippen LogP contribution in [0.1, 0.15) is 17.7 Å². The van der Waals surface area contributed by atoms with Crippen molar-refractivity contribution in [2.24, 2.45) is 11.8 Å². The molecule has 0 radical (unpaired) electrons. The number of thiophene rings is 1. The van der Waals surface area contributed by atoms with Crippen molar-refractivity contribution in [3.8, 4) is 0 Å². The molecule has 3 saturated heterocycles. The number of rotatable bonds is 4. The molecule has 17 heavy (non-hydrogen) atoms. The van der Waals surface area contributed by atoms with E-state index >= 15 is 0 Å². The molecule has 3 aliphatic rings. The van der Waals surface area contributed by atoms with Gasteiger partial charge < -0.3 is 10.2 Å². The average molecular weight is 315 g/mol. The molecule has 0 spiro atoms. The van der Waals surface area contributed by atoms with Crippen LogP contribution in [-0.2, 0) is 6.54 Å². The fourth-order valence-corrected chi connectivity index (χ4v) is 4.60. The molecular formula is C13H19BrN2S. The first-order chi connectivity index (χ1) is 8.31. The van der Waals surface area contributed by atoms with Gasteiger partial charge in [-0.05, 0) is 72.4 Å². The maximum absolute atomic E-state index is 3.63. The minimum absolute atomic E-state index is 0.890. The summed E-state index contributed by atoms with van der Waals surface area (Å²) in [6.45, 7) is 6.24. The molecule has 1 unspecified atom stereocenters. The molecule has 2 bridgehead atoms. The van der Waals surface area contributed by atoms with E-state index in [0.717, 1.165) is 18.4 Å². The number of hydrogen-bond acceptors (Lipinski definition) is 3. The number of halogens is 1. The first-order valence-electron chi connectivity index (χ1n) is 6.48. The van der Waals surface area contributed by atoms with Crippen LogP contribution in [-0.4, -0.2) is 31.1 Å². The largest absolute Gasteiger partial charge is 0.312 e. The van der Waals surface area contributed by atoms with E-state index in [0.29, 0.717) is 0 Å². The highest BCUT2D eigenvalue weighted by atomic mass is 79.9. The zero-order chi connectivity index (χ0) is 11.7. The standard InChI is InChI=1S/C13H19BrN2S/c14-13-2-1-12(17-13)8-15-7-11-9-16-5-3-10(11)4-6-16/h1-2,10-11,15H,3-9H2. The Hall–Kier alpha value is 0.1000. The van der Waals surface area contributed by atoms with Crippen LogP contribution in [0.15, 0.2) is 15.9 Å². The van der Waals surface area contributed by atoms with E-state index in [4.69, 9.17) is 0 Å². The number of piperidine rings is 3. The lowest BCUT2D eigenvalue weighted by molar-refractivity contribution is 0.0509. The van der Waals surface area contributed by atoms with Crippen molar-refractivity contribution >= 4 is 27.3 Å². The Morgan fingerprint density at radius 2 is 2.18 bits per heavy atom. The molecule has 3 aliphatic heterocycles. The van der Waals surface area contributed by atoms with E-state index in [9.17, 15) is 0 Å². The predicted octanol–water partition coefficient (Wildman–Crippen LogP) is 2.94. The summed E-state index contributed by atoms with van der Waals surface area (Å²) >= 11 is 5.34. The van der Waals surface area contributed by atoms with Crippen molar-refractivity contribution in [3.63, 3.8) is 0 Å². The number of nitrogens with one attached hydrogen (secondary N) is 1. The lowest BCUT2D eigenvalue weighted by Crippen LogP contribution is -2.50. The summed E-state index contributed by atoms with van der Waals surface area (Å²) in [5.41, 5.74) is 0. The first kappa shape index (κ1) is 12.2. The monoisotopic (exact) mass is 314 g/mol. The zero-order valence-electron chi connectivity index (χ0n) is 9.99. The van der Waals surface area contributed by atoms with E-state index in [1.54, 1.807) is 0 Å². The highest BCUT2D eigenvalue weighted by Gasteiger charge is 2.33. The van der Waals surface area contributed by atoms with Crippen LogP contribution in [0.2, 0.25) is 0 Å². The predicted molar refractivity (Wildman–Crippen MR) is 76.4 cm³/mol. The van der Waals surface area contributed by atoms with Crippen LogP contribution >= 0.6 is 27.3 Å². The van der Waals surface area contributed by atoms with Gasteiger partial charge in [-0.1, -0.05) is 0 Å². The van der Waals surface area contributed by atoms with E-state index in [-0.39, 0.29) is 0 Å². The molecule has 4 rings (SSSR count). The van der Waals surface area contributed by atoms with Crippen molar-refractivity contribution in [1.29, 1.82) is 0 Å². The minimum atomic E-state index is 0.890. The van der Waals surface area contributed by atoms with Crippen molar-refractivity contribution < 1.29 is 0 Å². The number of fused-ring (bicyclic) bond motifs is 3. The minimum Gasteiger partial charge on any atom is -0.312 e. The molecule has 4 heteroatoms. The highest BCUT2D eigenvalue weighted by Crippen LogP contribution is 2.31. The Bertz CT molecular complexity index is 371. The summed E-state index contributed by atoms with van der Waals surface area (Å²) in [7, 11) is 0. The maximum atomic E-state index is 3.63. The van der Waals surface area contributed by atoms with Gasteiger partial charge in [-0.25, -0.2) is 0 Å². The van der Waals surface area contributed by atoms with Crippen molar-refractivity contribution in [2.75, 3.05) is 26.2 Å². The molecule has 1 N–H and O–H groups in total. The summed E-state index contributed by atoms with van der Waals surface area (Å²) in [5, 5.41) is 3.63. The molecule has 2 nitrogen and oxygen atoms in total. The van der Waals surface area contributed by atoms with Gasteiger partial charge in [-0.2, -0.15) is 0 Å². The van der Waals surface area contributed by atoms with Gasteiger partial charge >= 0.3 is 0 Å². The number of hydrogen-bond donors (Lipinski definition) is 1. The van der Waals surface area contributed by atoms with Gasteiger partial charge in [0, 0.05) is 18.0 Å². The third-order valence-electron chi connectivity index (χ3n) is 4.13. The molecule has 3 fully saturated rings. The van der Waals surface area contributed by atoms with Crippen molar-refractivity contribution in [1.82, 2.24) is 10.2 Å². The van der Waals surface area contributed by atoms with Gasteiger partial charge in [0.05, 0.1) is 3.79 Å². The Labute approximate surface area is 116 Å². The van der Waals surface area contributed by atoms with Gasteiger partial charge in [-0.15, -0.1) is 11.3 Å². The second-order valence-corrected chi connectivity index (χ2v) is 7.78. The summed E-state index contributed by atoms with van der Waals surface area (Å²) in [5.74, 6) is 1.88. The topological polar surface area (TPSA) is 15.3 Å². The SMILES string of the molecule is Brc1ccc(CNCC2CN3CCC2CC3)s1. The fourth-order valence-electron chi connectivity index (χ4n) is 3.15. The van der Waals surface area contributed by atoms with Crippen LogP contribution in [0.25, 0.3) is 0 Å². The van der Waals surface area contributed by atoms with Gasteiger partial charge in [0.1, 0.15) is 0 Å². The van der Waals surface area contributed by atoms with Gasteiger partial charge in [0.15, 0.2) is 0 Å². The van der Waals surface area contributed by atoms with Crippen LogP contribution in [0, 0.1) is 11.8 Å². The molecule has 94 valence electrons. The van der Waals surface area contributed by atoms with E-state index in [2.05, 4.69) is 38.3 Å². The van der Waals surface area contributed by atoms with E-state index in [1.165, 1.54) is 47.7 Å². The molecule has 1 atom stereocenters. The molecular weight excluding hydrogens is 296 g/mol. The molecule has 0 amide bonds. The van der Waals surface area contributed by atoms with Crippen molar-refractivity contribution in [3.05, 3.63) is 20.8 Å². The first-order valence-corrected chi connectivity index (χ1v) is 8.09. The quantitative estimate of drug-likeness (QED) is 0.919. The van der Waals surface area contributed by atoms with Crippen LogP contribution in [0.3, 0.4) is 0 Å². The average Bonchev–Trinajstić information content (AvgIpc) is 2.77. The Morgan fingerprint density at radius 3 is 2.76 bits per heavy atom. The number of nitrogens with zero attached hydrogens (tertiary/aromatic N) is 1. The second kappa shape index (κ2) is 5.39. The third kappa shape index (κ3) is 2.92. The zero-order valence-corrected chi connectivity index (χ0v) is 12.4. The lowest BCUT2D eigenvalue weighted by atomic mass is 9.79. The highest BCUT2D eigenvalue weighted by molar-refractivity contribution is 9.11. The van der Waals surface area contributed by atoms with Crippen LogP contribution in [0.5, 0.6) is 0 Å². The van der Waals surface area contributed by atoms with E-state index < -0.39 is 0 Å². The molecule has 1 aromatic heterocycles. The molecule has 0 saturated carbocycles. The van der Waals surface area contributed by atoms with E-state index in [1.807, 2.05) is 11.3 Å². The van der Waals surface area contributed by atoms with Gasteiger partial charge in [-0.3, -0.25) is 0 Å². The normalized spacial score (nSPS) is 31.9. The van der Waals surface area contributed by atoms with Gasteiger partial charge in [0.2, 0.25) is 0 Å². The smallest absolute Gasteiger partial charge is 0.0701 e. The van der Waals surface area contributed by atoms with Gasteiger partial charge in [0.25, 0.3) is 0 Å². The van der Waals surface area contributed by atoms with Crippen LogP contribution < -0.4 is 5.32 Å². The summed E-state index contributed by atoms with van der Waals surface area (Å²) in [4.78, 5) is 4.06. The molecule has 0 aliphatic carbocycles. The van der Waals surface area contributed by atoms with Crippen molar-refractivity contribution in [2.45, 2.75) is 19.4 Å². The summed E-state index contributed by atoms with van der Waals surface area (Å²) in [6.07, 6.45) is 2.85. The third-order valence-corrected chi connectivity index (χ3v) is 5.75. The summed E-state index contributed by atoms with van der Waals surface area (Å²) in [6, 6.07) is 4.34. The molecule has 0 aromatic carbocycles. The Morgan fingerprint density at radius 1 is 1.35 bits per heavy atom. The molecule has 4 heterocycles. The maximum Gasteiger partial charge on any atom is 0.0701 e. The summed E-state index contributed by atoms with van der Waals surface area (Å²) < 4.78 is 1.23. The fraction of sp³-hybridized carbons (Fsp3) is 0.692. The Kier molecular flexibility index (Phi) is 3.85. The second-order valence-electron chi connectivity index (χ2n) is 5.23. The lowest BCUT2D eigenvalue weighted by Gasteiger charge is -2.45.